The van der Waals surface area contributed by atoms with Crippen LogP contribution in [0.25, 0.3) is 0 Å². The van der Waals surface area contributed by atoms with Gasteiger partial charge in [-0.1, -0.05) is 6.08 Å². The fraction of sp³-hybridized carbons (Fsp3) is 0.455. The first-order valence-corrected chi connectivity index (χ1v) is 4.24. The van der Waals surface area contributed by atoms with E-state index in [0.717, 1.165) is 11.5 Å². The van der Waals surface area contributed by atoms with Gasteiger partial charge < -0.3 is 4.74 Å². The highest BCUT2D eigenvalue weighted by Gasteiger charge is 2.07. The van der Waals surface area contributed by atoms with Gasteiger partial charge in [-0.2, -0.15) is 0 Å². The van der Waals surface area contributed by atoms with E-state index in [0.29, 0.717) is 0 Å². The molecule has 0 unspecified atom stereocenters. The molecule has 0 N–H and O–H groups in total. The molecule has 1 heteroatoms. The van der Waals surface area contributed by atoms with Crippen LogP contribution in [0.1, 0.15) is 34.6 Å². The van der Waals surface area contributed by atoms with E-state index in [1.807, 2.05) is 13.8 Å². The molecule has 0 spiro atoms. The van der Waals surface area contributed by atoms with Crippen LogP contribution in [0.15, 0.2) is 34.3 Å². The Bertz CT molecular complexity index is 290. The van der Waals surface area contributed by atoms with Crippen molar-refractivity contribution in [3.8, 4) is 0 Å². The van der Waals surface area contributed by atoms with E-state index in [4.69, 9.17) is 4.74 Å². The highest BCUT2D eigenvalue weighted by Crippen LogP contribution is 2.24. The second kappa shape index (κ2) is 3.18. The lowest BCUT2D eigenvalue weighted by Gasteiger charge is -2.07. The Balaban J connectivity index is 3.16. The molecule has 12 heavy (non-hydrogen) atoms. The van der Waals surface area contributed by atoms with Crippen molar-refractivity contribution in [2.24, 2.45) is 0 Å². The summed E-state index contributed by atoms with van der Waals surface area (Å²) in [4.78, 5) is 0. The molecule has 0 saturated heterocycles. The summed E-state index contributed by atoms with van der Waals surface area (Å²) < 4.78 is 5.61. The molecule has 0 saturated carbocycles. The lowest BCUT2D eigenvalue weighted by Crippen LogP contribution is -1.89. The largest absolute Gasteiger partial charge is 0.466 e. The average molecular weight is 164 g/mol. The number of rotatable bonds is 0. The van der Waals surface area contributed by atoms with Gasteiger partial charge in [0.25, 0.3) is 0 Å². The highest BCUT2D eigenvalue weighted by molar-refractivity contribution is 5.38. The lowest BCUT2D eigenvalue weighted by molar-refractivity contribution is 0.303. The van der Waals surface area contributed by atoms with Crippen LogP contribution in [-0.2, 0) is 4.74 Å². The first-order valence-electron chi connectivity index (χ1n) is 4.24. The molecule has 0 amide bonds. The Hall–Kier alpha value is -0.980. The van der Waals surface area contributed by atoms with Crippen molar-refractivity contribution in [3.05, 3.63) is 34.3 Å². The van der Waals surface area contributed by atoms with Crippen LogP contribution in [0.3, 0.4) is 0 Å². The summed E-state index contributed by atoms with van der Waals surface area (Å²) in [6.07, 6.45) is 2.17. The highest BCUT2D eigenvalue weighted by atomic mass is 16.5. The number of ether oxygens (including phenoxy) is 1. The second-order valence-corrected chi connectivity index (χ2v) is 3.35. The van der Waals surface area contributed by atoms with Crippen molar-refractivity contribution in [3.63, 3.8) is 0 Å². The Morgan fingerprint density at radius 1 is 0.917 bits per heavy atom. The van der Waals surface area contributed by atoms with Gasteiger partial charge in [0.05, 0.1) is 0 Å². The van der Waals surface area contributed by atoms with Crippen molar-refractivity contribution in [2.45, 2.75) is 34.6 Å². The minimum atomic E-state index is 1.00. The second-order valence-electron chi connectivity index (χ2n) is 3.35. The molecule has 66 valence electrons. The molecule has 1 aliphatic heterocycles. The normalized spacial score (nSPS) is 18.9. The van der Waals surface area contributed by atoms with Crippen LogP contribution in [0, 0.1) is 0 Å². The van der Waals surface area contributed by atoms with Crippen molar-refractivity contribution in [1.82, 2.24) is 0 Å². The molecular formula is C11H16O. The molecular weight excluding hydrogens is 148 g/mol. The molecule has 0 atom stereocenters. The van der Waals surface area contributed by atoms with Gasteiger partial charge in [-0.05, 0) is 51.3 Å². The van der Waals surface area contributed by atoms with Gasteiger partial charge in [-0.25, -0.2) is 0 Å². The predicted octanol–water partition coefficient (Wildman–Crippen LogP) is 3.55. The van der Waals surface area contributed by atoms with Gasteiger partial charge in [0, 0.05) is 0 Å². The van der Waals surface area contributed by atoms with Crippen molar-refractivity contribution in [2.75, 3.05) is 0 Å². The first kappa shape index (κ1) is 9.11. The number of hydrogen-bond acceptors (Lipinski definition) is 1. The molecule has 0 aromatic carbocycles. The van der Waals surface area contributed by atoms with E-state index < -0.39 is 0 Å². The van der Waals surface area contributed by atoms with Gasteiger partial charge in [0.15, 0.2) is 0 Å². The minimum Gasteiger partial charge on any atom is -0.466 e. The van der Waals surface area contributed by atoms with Crippen LogP contribution in [0.2, 0.25) is 0 Å². The van der Waals surface area contributed by atoms with E-state index >= 15 is 0 Å². The molecule has 0 aromatic heterocycles. The number of hydrogen-bond donors (Lipinski definition) is 0. The van der Waals surface area contributed by atoms with Gasteiger partial charge >= 0.3 is 0 Å². The van der Waals surface area contributed by atoms with Crippen molar-refractivity contribution >= 4 is 0 Å². The van der Waals surface area contributed by atoms with Gasteiger partial charge in [-0.15, -0.1) is 0 Å². The topological polar surface area (TPSA) is 9.23 Å². The van der Waals surface area contributed by atoms with E-state index in [-0.39, 0.29) is 0 Å². The van der Waals surface area contributed by atoms with Crippen LogP contribution in [-0.4, -0.2) is 0 Å². The molecule has 1 nitrogen and oxygen atoms in total. The summed E-state index contributed by atoms with van der Waals surface area (Å²) >= 11 is 0. The molecule has 0 aliphatic carbocycles. The van der Waals surface area contributed by atoms with E-state index in [2.05, 4.69) is 26.8 Å². The van der Waals surface area contributed by atoms with Gasteiger partial charge in [0.2, 0.25) is 0 Å². The summed E-state index contributed by atoms with van der Waals surface area (Å²) in [5.74, 6) is 2.02. The minimum absolute atomic E-state index is 1.00. The summed E-state index contributed by atoms with van der Waals surface area (Å²) in [5.41, 5.74) is 3.75. The third kappa shape index (κ3) is 1.60. The molecule has 0 aromatic rings. The fourth-order valence-corrected chi connectivity index (χ4v) is 1.20. The maximum atomic E-state index is 5.61. The van der Waals surface area contributed by atoms with Crippen molar-refractivity contribution in [1.29, 1.82) is 0 Å². The van der Waals surface area contributed by atoms with Gasteiger partial charge in [-0.3, -0.25) is 0 Å². The monoisotopic (exact) mass is 164 g/mol. The zero-order chi connectivity index (χ0) is 9.30. The smallest absolute Gasteiger partial charge is 0.104 e. The van der Waals surface area contributed by atoms with Crippen LogP contribution < -0.4 is 0 Å². The third-order valence-electron chi connectivity index (χ3n) is 2.41. The Morgan fingerprint density at radius 3 is 2.08 bits per heavy atom. The zero-order valence-electron chi connectivity index (χ0n) is 8.49. The first-order chi connectivity index (χ1) is 5.52. The molecule has 0 fully saturated rings. The maximum absolute atomic E-state index is 5.61. The Labute approximate surface area is 74.4 Å². The van der Waals surface area contributed by atoms with Crippen LogP contribution in [0.4, 0.5) is 0 Å². The molecule has 1 heterocycles. The molecule has 1 aliphatic rings. The summed E-state index contributed by atoms with van der Waals surface area (Å²) in [7, 11) is 0. The maximum Gasteiger partial charge on any atom is 0.104 e. The van der Waals surface area contributed by atoms with Crippen LogP contribution in [0.5, 0.6) is 0 Å². The predicted molar refractivity (Wildman–Crippen MR) is 51.6 cm³/mol. The molecule has 0 radical (unpaired) electrons. The van der Waals surface area contributed by atoms with Crippen LogP contribution >= 0.6 is 0 Å². The molecule has 1 rings (SSSR count). The Kier molecular flexibility index (Phi) is 2.41. The van der Waals surface area contributed by atoms with E-state index in [1.54, 1.807) is 0 Å². The SMILES string of the molecule is CC1=CC(C)=C(C)OC(C)=C1C. The van der Waals surface area contributed by atoms with Gasteiger partial charge in [0.1, 0.15) is 11.5 Å². The summed E-state index contributed by atoms with van der Waals surface area (Å²) in [6.45, 7) is 10.3. The zero-order valence-corrected chi connectivity index (χ0v) is 8.49. The van der Waals surface area contributed by atoms with Crippen molar-refractivity contribution < 1.29 is 4.74 Å². The standard InChI is InChI=1S/C11H16O/c1-7-6-8(2)10(4)12-11(5)9(7)3/h6H,1-5H3. The summed E-state index contributed by atoms with van der Waals surface area (Å²) in [5, 5.41) is 0. The fourth-order valence-electron chi connectivity index (χ4n) is 1.20. The third-order valence-corrected chi connectivity index (χ3v) is 2.41. The van der Waals surface area contributed by atoms with E-state index in [9.17, 15) is 0 Å². The number of allylic oxidation sites excluding steroid dienone is 6. The Morgan fingerprint density at radius 2 is 1.50 bits per heavy atom. The molecule has 0 bridgehead atoms. The van der Waals surface area contributed by atoms with E-state index in [1.165, 1.54) is 16.7 Å². The summed E-state index contributed by atoms with van der Waals surface area (Å²) in [6, 6.07) is 0. The quantitative estimate of drug-likeness (QED) is 0.532. The lowest BCUT2D eigenvalue weighted by atomic mass is 10.1. The average Bonchev–Trinajstić information content (AvgIpc) is 2.07.